The van der Waals surface area contributed by atoms with Gasteiger partial charge in [-0.15, -0.1) is 0 Å². The van der Waals surface area contributed by atoms with Gasteiger partial charge in [-0.1, -0.05) is 34.1 Å². The lowest BCUT2D eigenvalue weighted by Crippen LogP contribution is -2.02. The highest BCUT2D eigenvalue weighted by molar-refractivity contribution is 9.10. The largest absolute Gasteiger partial charge is 0.448 e. The summed E-state index contributed by atoms with van der Waals surface area (Å²) in [4.78, 5) is 4.37. The Labute approximate surface area is 103 Å². The van der Waals surface area contributed by atoms with Crippen LogP contribution in [0.1, 0.15) is 17.1 Å². The summed E-state index contributed by atoms with van der Waals surface area (Å²) in [5.41, 5.74) is 7.55. The minimum atomic E-state index is 0.598. The number of hydrogen-bond donors (Lipinski definition) is 1. The minimum absolute atomic E-state index is 0.598. The van der Waals surface area contributed by atoms with Crippen LogP contribution in [0.4, 0.5) is 0 Å². The molecule has 0 fully saturated rings. The summed E-state index contributed by atoms with van der Waals surface area (Å²) in [6.07, 6.45) is 3.14. The van der Waals surface area contributed by atoms with Gasteiger partial charge >= 0.3 is 0 Å². The molecule has 0 spiro atoms. The van der Waals surface area contributed by atoms with Gasteiger partial charge in [0.1, 0.15) is 6.26 Å². The van der Waals surface area contributed by atoms with Crippen LogP contribution in [-0.2, 0) is 12.8 Å². The van der Waals surface area contributed by atoms with Gasteiger partial charge in [-0.25, -0.2) is 4.98 Å². The molecule has 0 saturated carbocycles. The Morgan fingerprint density at radius 2 is 2.12 bits per heavy atom. The summed E-state index contributed by atoms with van der Waals surface area (Å²) in [6, 6.07) is 8.06. The van der Waals surface area contributed by atoms with E-state index < -0.39 is 0 Å². The van der Waals surface area contributed by atoms with Gasteiger partial charge in [0.15, 0.2) is 5.89 Å². The Kier molecular flexibility index (Phi) is 3.74. The number of aromatic nitrogens is 1. The Bertz CT molecular complexity index is 468. The van der Waals surface area contributed by atoms with E-state index >= 15 is 0 Å². The molecule has 0 radical (unpaired) electrons. The highest BCUT2D eigenvalue weighted by Gasteiger charge is 2.06. The van der Waals surface area contributed by atoms with E-state index in [4.69, 9.17) is 10.2 Å². The molecule has 0 amide bonds. The van der Waals surface area contributed by atoms with Crippen molar-refractivity contribution in [3.05, 3.63) is 52.1 Å². The fourth-order valence-electron chi connectivity index (χ4n) is 1.50. The molecule has 2 rings (SSSR count). The van der Waals surface area contributed by atoms with Gasteiger partial charge in [0.25, 0.3) is 0 Å². The summed E-state index contributed by atoms with van der Waals surface area (Å²) in [7, 11) is 0. The summed E-state index contributed by atoms with van der Waals surface area (Å²) in [5, 5.41) is 0. The van der Waals surface area contributed by atoms with E-state index in [-0.39, 0.29) is 0 Å². The molecule has 0 atom stereocenters. The second kappa shape index (κ2) is 5.27. The quantitative estimate of drug-likeness (QED) is 0.936. The lowest BCUT2D eigenvalue weighted by molar-refractivity contribution is 0.506. The third kappa shape index (κ3) is 2.71. The van der Waals surface area contributed by atoms with E-state index in [2.05, 4.69) is 27.0 Å². The fraction of sp³-hybridized carbons (Fsp3) is 0.250. The second-order valence-electron chi connectivity index (χ2n) is 3.54. The fourth-order valence-corrected chi connectivity index (χ4v) is 1.92. The summed E-state index contributed by atoms with van der Waals surface area (Å²) in [5.74, 6) is 0.732. The smallest absolute Gasteiger partial charge is 0.198 e. The first-order valence-electron chi connectivity index (χ1n) is 5.16. The molecule has 2 N–H and O–H groups in total. The van der Waals surface area contributed by atoms with Crippen LogP contribution in [0.5, 0.6) is 0 Å². The van der Waals surface area contributed by atoms with Crippen molar-refractivity contribution in [3.8, 4) is 0 Å². The number of rotatable bonds is 4. The third-order valence-electron chi connectivity index (χ3n) is 2.30. The molecule has 16 heavy (non-hydrogen) atoms. The monoisotopic (exact) mass is 280 g/mol. The molecular formula is C12H13BrN2O. The van der Waals surface area contributed by atoms with Crippen LogP contribution in [0.15, 0.2) is 39.4 Å². The molecule has 3 nitrogen and oxygen atoms in total. The topological polar surface area (TPSA) is 52.0 Å². The SMILES string of the molecule is NCCc1coc(Cc2ccccc2Br)n1. The van der Waals surface area contributed by atoms with Crippen LogP contribution >= 0.6 is 15.9 Å². The predicted molar refractivity (Wildman–Crippen MR) is 66.2 cm³/mol. The zero-order chi connectivity index (χ0) is 11.4. The molecule has 84 valence electrons. The zero-order valence-electron chi connectivity index (χ0n) is 8.82. The highest BCUT2D eigenvalue weighted by Crippen LogP contribution is 2.19. The van der Waals surface area contributed by atoms with Crippen molar-refractivity contribution in [2.45, 2.75) is 12.8 Å². The first kappa shape index (κ1) is 11.4. The van der Waals surface area contributed by atoms with Crippen LogP contribution < -0.4 is 5.73 Å². The standard InChI is InChI=1S/C12H13BrN2O/c13-11-4-2-1-3-9(11)7-12-15-10(5-6-14)8-16-12/h1-4,8H,5-7,14H2. The van der Waals surface area contributed by atoms with Gasteiger partial charge in [-0.05, 0) is 18.2 Å². The first-order valence-corrected chi connectivity index (χ1v) is 5.95. The molecule has 0 aliphatic heterocycles. The summed E-state index contributed by atoms with van der Waals surface area (Å²) in [6.45, 7) is 0.598. The number of benzene rings is 1. The molecule has 0 aliphatic rings. The molecule has 2 aromatic rings. The van der Waals surface area contributed by atoms with Crippen molar-refractivity contribution < 1.29 is 4.42 Å². The van der Waals surface area contributed by atoms with Gasteiger partial charge in [0.2, 0.25) is 0 Å². The molecule has 4 heteroatoms. The minimum Gasteiger partial charge on any atom is -0.448 e. The summed E-state index contributed by atoms with van der Waals surface area (Å²) >= 11 is 3.50. The van der Waals surface area contributed by atoms with Crippen LogP contribution in [0.2, 0.25) is 0 Å². The van der Waals surface area contributed by atoms with Crippen LogP contribution in [0, 0.1) is 0 Å². The summed E-state index contributed by atoms with van der Waals surface area (Å²) < 4.78 is 6.47. The van der Waals surface area contributed by atoms with E-state index in [0.717, 1.165) is 22.5 Å². The van der Waals surface area contributed by atoms with E-state index in [9.17, 15) is 0 Å². The maximum Gasteiger partial charge on any atom is 0.198 e. The van der Waals surface area contributed by atoms with Gasteiger partial charge < -0.3 is 10.2 Å². The van der Waals surface area contributed by atoms with Crippen LogP contribution in [-0.4, -0.2) is 11.5 Å². The van der Waals surface area contributed by atoms with Crippen molar-refractivity contribution in [2.75, 3.05) is 6.54 Å². The van der Waals surface area contributed by atoms with Gasteiger partial charge in [0.05, 0.1) is 12.1 Å². The first-order chi connectivity index (χ1) is 7.79. The zero-order valence-corrected chi connectivity index (χ0v) is 10.4. The average Bonchev–Trinajstić information content (AvgIpc) is 2.70. The molecule has 1 aromatic carbocycles. The van der Waals surface area contributed by atoms with Crippen molar-refractivity contribution in [2.24, 2.45) is 5.73 Å². The van der Waals surface area contributed by atoms with Crippen molar-refractivity contribution >= 4 is 15.9 Å². The number of nitrogens with zero attached hydrogens (tertiary/aromatic N) is 1. The Morgan fingerprint density at radius 1 is 1.31 bits per heavy atom. The number of halogens is 1. The molecule has 0 unspecified atom stereocenters. The normalized spacial score (nSPS) is 10.6. The van der Waals surface area contributed by atoms with E-state index in [1.165, 1.54) is 5.56 Å². The third-order valence-corrected chi connectivity index (χ3v) is 3.07. The van der Waals surface area contributed by atoms with Crippen molar-refractivity contribution in [3.63, 3.8) is 0 Å². The van der Waals surface area contributed by atoms with Gasteiger partial charge in [-0.3, -0.25) is 0 Å². The average molecular weight is 281 g/mol. The Morgan fingerprint density at radius 3 is 2.88 bits per heavy atom. The van der Waals surface area contributed by atoms with Crippen molar-refractivity contribution in [1.29, 1.82) is 0 Å². The van der Waals surface area contributed by atoms with Crippen molar-refractivity contribution in [1.82, 2.24) is 4.98 Å². The second-order valence-corrected chi connectivity index (χ2v) is 4.39. The van der Waals surface area contributed by atoms with Gasteiger partial charge in [0, 0.05) is 10.9 Å². The van der Waals surface area contributed by atoms with Gasteiger partial charge in [-0.2, -0.15) is 0 Å². The lowest BCUT2D eigenvalue weighted by Gasteiger charge is -1.99. The molecule has 0 aliphatic carbocycles. The molecule has 0 bridgehead atoms. The molecule has 1 heterocycles. The van der Waals surface area contributed by atoms with Crippen LogP contribution in [0.25, 0.3) is 0 Å². The van der Waals surface area contributed by atoms with E-state index in [0.29, 0.717) is 13.0 Å². The maximum atomic E-state index is 5.46. The molecule has 0 saturated heterocycles. The lowest BCUT2D eigenvalue weighted by atomic mass is 10.1. The number of nitrogens with two attached hydrogens (primary N) is 1. The number of hydrogen-bond acceptors (Lipinski definition) is 3. The maximum absolute atomic E-state index is 5.46. The highest BCUT2D eigenvalue weighted by atomic mass is 79.9. The Balaban J connectivity index is 2.11. The van der Waals surface area contributed by atoms with Crippen LogP contribution in [0.3, 0.4) is 0 Å². The molecule has 1 aromatic heterocycles. The number of oxazole rings is 1. The Hall–Kier alpha value is -1.13. The predicted octanol–water partition coefficient (Wildman–Crippen LogP) is 2.53. The van der Waals surface area contributed by atoms with E-state index in [1.54, 1.807) is 6.26 Å². The molecular weight excluding hydrogens is 268 g/mol. The van der Waals surface area contributed by atoms with E-state index in [1.807, 2.05) is 18.2 Å².